The first kappa shape index (κ1) is 16.0. The molecule has 2 unspecified atom stereocenters. The number of phenolic OH excluding ortho intramolecular Hbond substituents is 1. The van der Waals surface area contributed by atoms with Gasteiger partial charge in [0.1, 0.15) is 5.75 Å². The lowest BCUT2D eigenvalue weighted by Gasteiger charge is -2.23. The third kappa shape index (κ3) is 6.63. The van der Waals surface area contributed by atoms with E-state index >= 15 is 0 Å². The molecule has 2 N–H and O–H groups in total. The van der Waals surface area contributed by atoms with Gasteiger partial charge < -0.3 is 10.4 Å². The monoisotopic (exact) mass is 263 g/mol. The highest BCUT2D eigenvalue weighted by molar-refractivity contribution is 5.26. The molecule has 0 aliphatic heterocycles. The lowest BCUT2D eigenvalue weighted by molar-refractivity contribution is 0.389. The Kier molecular flexibility index (Phi) is 7.57. The summed E-state index contributed by atoms with van der Waals surface area (Å²) >= 11 is 0. The fourth-order valence-electron chi connectivity index (χ4n) is 2.56. The van der Waals surface area contributed by atoms with Crippen LogP contribution in [0.3, 0.4) is 0 Å². The summed E-state index contributed by atoms with van der Waals surface area (Å²) in [5, 5.41) is 13.0. The Morgan fingerprint density at radius 3 is 2.32 bits per heavy atom. The number of aromatic hydroxyl groups is 1. The van der Waals surface area contributed by atoms with E-state index in [1.54, 1.807) is 12.1 Å². The number of hydrogen-bond acceptors (Lipinski definition) is 2. The number of nitrogens with one attached hydrogen (secondary N) is 1. The van der Waals surface area contributed by atoms with E-state index in [-0.39, 0.29) is 0 Å². The molecule has 0 saturated heterocycles. The van der Waals surface area contributed by atoms with Gasteiger partial charge in [-0.2, -0.15) is 0 Å². The van der Waals surface area contributed by atoms with Crippen LogP contribution in [-0.2, 0) is 6.42 Å². The Morgan fingerprint density at radius 2 is 1.74 bits per heavy atom. The van der Waals surface area contributed by atoms with E-state index in [1.165, 1.54) is 37.7 Å². The van der Waals surface area contributed by atoms with Crippen LogP contribution in [0.15, 0.2) is 24.3 Å². The molecule has 19 heavy (non-hydrogen) atoms. The smallest absolute Gasteiger partial charge is 0.115 e. The maximum absolute atomic E-state index is 9.29. The van der Waals surface area contributed by atoms with Gasteiger partial charge in [0, 0.05) is 12.1 Å². The first-order valence-electron chi connectivity index (χ1n) is 7.69. The van der Waals surface area contributed by atoms with Gasteiger partial charge in [-0.05, 0) is 43.9 Å². The minimum absolute atomic E-state index is 0.344. The first-order valence-corrected chi connectivity index (χ1v) is 7.69. The molecule has 0 aromatic heterocycles. The second-order valence-corrected chi connectivity index (χ2v) is 5.57. The molecule has 0 bridgehead atoms. The number of unbranched alkanes of at least 4 members (excludes halogenated alkanes) is 1. The molecule has 2 heteroatoms. The predicted octanol–water partition coefficient (Wildman–Crippen LogP) is 4.27. The highest BCUT2D eigenvalue weighted by Crippen LogP contribution is 2.13. The average Bonchev–Trinajstić information content (AvgIpc) is 2.39. The first-order chi connectivity index (χ1) is 9.15. The maximum Gasteiger partial charge on any atom is 0.115 e. The van der Waals surface area contributed by atoms with E-state index in [1.807, 2.05) is 12.1 Å². The van der Waals surface area contributed by atoms with Gasteiger partial charge in [-0.15, -0.1) is 0 Å². The van der Waals surface area contributed by atoms with Crippen molar-refractivity contribution in [3.05, 3.63) is 29.8 Å². The van der Waals surface area contributed by atoms with Gasteiger partial charge >= 0.3 is 0 Å². The minimum atomic E-state index is 0.344. The largest absolute Gasteiger partial charge is 0.508 e. The molecule has 0 radical (unpaired) electrons. The zero-order valence-corrected chi connectivity index (χ0v) is 12.7. The molecule has 2 atom stereocenters. The van der Waals surface area contributed by atoms with E-state index in [9.17, 15) is 5.11 Å². The summed E-state index contributed by atoms with van der Waals surface area (Å²) in [6.45, 7) is 6.76. The van der Waals surface area contributed by atoms with Crippen LogP contribution in [0.25, 0.3) is 0 Å². The van der Waals surface area contributed by atoms with Crippen molar-refractivity contribution in [2.45, 2.75) is 71.4 Å². The summed E-state index contributed by atoms with van der Waals surface area (Å²) in [4.78, 5) is 0. The minimum Gasteiger partial charge on any atom is -0.508 e. The van der Waals surface area contributed by atoms with E-state index in [0.29, 0.717) is 17.8 Å². The second kappa shape index (κ2) is 8.98. The fourth-order valence-corrected chi connectivity index (χ4v) is 2.56. The Labute approximate surface area is 118 Å². The van der Waals surface area contributed by atoms with E-state index in [2.05, 4.69) is 26.1 Å². The average molecular weight is 263 g/mol. The van der Waals surface area contributed by atoms with Gasteiger partial charge in [0.25, 0.3) is 0 Å². The summed E-state index contributed by atoms with van der Waals surface area (Å²) in [6, 6.07) is 8.68. The van der Waals surface area contributed by atoms with Crippen molar-refractivity contribution in [3.63, 3.8) is 0 Å². The maximum atomic E-state index is 9.29. The molecule has 0 heterocycles. The van der Waals surface area contributed by atoms with Crippen LogP contribution in [0.2, 0.25) is 0 Å². The third-order valence-corrected chi connectivity index (χ3v) is 3.54. The molecule has 0 amide bonds. The van der Waals surface area contributed by atoms with E-state index in [0.717, 1.165) is 6.42 Å². The molecular weight excluding hydrogens is 234 g/mol. The lowest BCUT2D eigenvalue weighted by atomic mass is 10.0. The topological polar surface area (TPSA) is 32.3 Å². The van der Waals surface area contributed by atoms with Gasteiger partial charge in [0.2, 0.25) is 0 Å². The molecule has 1 aromatic carbocycles. The van der Waals surface area contributed by atoms with Crippen LogP contribution in [0, 0.1) is 0 Å². The van der Waals surface area contributed by atoms with Crippen LogP contribution < -0.4 is 5.32 Å². The van der Waals surface area contributed by atoms with Crippen molar-refractivity contribution in [2.75, 3.05) is 0 Å². The molecule has 0 fully saturated rings. The van der Waals surface area contributed by atoms with Crippen molar-refractivity contribution in [3.8, 4) is 5.75 Å². The number of hydrogen-bond donors (Lipinski definition) is 2. The third-order valence-electron chi connectivity index (χ3n) is 3.54. The fraction of sp³-hybridized carbons (Fsp3) is 0.647. The molecule has 0 spiro atoms. The summed E-state index contributed by atoms with van der Waals surface area (Å²) in [5.41, 5.74) is 1.28. The Balaban J connectivity index is 2.42. The van der Waals surface area contributed by atoms with Gasteiger partial charge in [0.15, 0.2) is 0 Å². The Morgan fingerprint density at radius 1 is 1.05 bits per heavy atom. The molecule has 0 aliphatic rings. The summed E-state index contributed by atoms with van der Waals surface area (Å²) in [6.07, 6.45) is 7.39. The predicted molar refractivity (Wildman–Crippen MR) is 82.6 cm³/mol. The van der Waals surface area contributed by atoms with Crippen molar-refractivity contribution < 1.29 is 5.11 Å². The second-order valence-electron chi connectivity index (χ2n) is 5.57. The number of phenols is 1. The van der Waals surface area contributed by atoms with Crippen LogP contribution in [0.5, 0.6) is 5.75 Å². The van der Waals surface area contributed by atoms with Crippen LogP contribution in [-0.4, -0.2) is 17.2 Å². The summed E-state index contributed by atoms with van der Waals surface area (Å²) < 4.78 is 0. The van der Waals surface area contributed by atoms with Crippen molar-refractivity contribution in [2.24, 2.45) is 0 Å². The Bertz CT molecular complexity index is 334. The van der Waals surface area contributed by atoms with Gasteiger partial charge in [-0.3, -0.25) is 0 Å². The van der Waals surface area contributed by atoms with Crippen molar-refractivity contribution in [1.82, 2.24) is 5.32 Å². The lowest BCUT2D eigenvalue weighted by Crippen LogP contribution is -2.37. The van der Waals surface area contributed by atoms with Crippen LogP contribution in [0.4, 0.5) is 0 Å². The molecule has 1 aromatic rings. The molecule has 0 saturated carbocycles. The Hall–Kier alpha value is -1.02. The molecule has 0 aliphatic carbocycles. The molecule has 2 nitrogen and oxygen atoms in total. The SMILES string of the molecule is CCCCC(CCC)NC(C)Cc1ccc(O)cc1. The summed E-state index contributed by atoms with van der Waals surface area (Å²) in [7, 11) is 0. The van der Waals surface area contributed by atoms with E-state index < -0.39 is 0 Å². The van der Waals surface area contributed by atoms with Gasteiger partial charge in [-0.1, -0.05) is 45.2 Å². The highest BCUT2D eigenvalue weighted by atomic mass is 16.3. The van der Waals surface area contributed by atoms with Crippen LogP contribution in [0.1, 0.15) is 58.4 Å². The zero-order valence-electron chi connectivity index (χ0n) is 12.7. The van der Waals surface area contributed by atoms with Gasteiger partial charge in [0.05, 0.1) is 0 Å². The highest BCUT2D eigenvalue weighted by Gasteiger charge is 2.11. The van der Waals surface area contributed by atoms with Crippen molar-refractivity contribution >= 4 is 0 Å². The number of rotatable bonds is 9. The summed E-state index contributed by atoms with van der Waals surface area (Å²) in [5.74, 6) is 0.344. The standard InChI is InChI=1S/C17H29NO/c1-4-6-8-16(7-5-2)18-14(3)13-15-9-11-17(19)12-10-15/h9-12,14,16,18-19H,4-8,13H2,1-3H3. The number of benzene rings is 1. The zero-order chi connectivity index (χ0) is 14.1. The molecule has 1 rings (SSSR count). The van der Waals surface area contributed by atoms with Gasteiger partial charge in [-0.25, -0.2) is 0 Å². The normalized spacial score (nSPS) is 14.3. The van der Waals surface area contributed by atoms with E-state index in [4.69, 9.17) is 0 Å². The van der Waals surface area contributed by atoms with Crippen molar-refractivity contribution in [1.29, 1.82) is 0 Å². The molecular formula is C17H29NO. The molecule has 108 valence electrons. The van der Waals surface area contributed by atoms with Crippen LogP contribution >= 0.6 is 0 Å². The quantitative estimate of drug-likeness (QED) is 0.697.